The van der Waals surface area contributed by atoms with Crippen molar-refractivity contribution in [1.29, 1.82) is 0 Å². The molecule has 0 spiro atoms. The number of hydrogen-bond donors (Lipinski definition) is 0. The summed E-state index contributed by atoms with van der Waals surface area (Å²) in [6.45, 7) is 3.44. The summed E-state index contributed by atoms with van der Waals surface area (Å²) < 4.78 is 0. The SMILES string of the molecule is O=C(CCSCCC12CC3CC(CC(C3)C1)C2)N1CCN(c2ccccn2)CC1. The second-order valence-electron chi connectivity index (χ2n) is 10.1. The first-order chi connectivity index (χ1) is 14.2. The normalized spacial score (nSPS) is 33.3. The topological polar surface area (TPSA) is 36.4 Å². The zero-order valence-electron chi connectivity index (χ0n) is 17.6. The first-order valence-electron chi connectivity index (χ1n) is 11.7. The Kier molecular flexibility index (Phi) is 5.77. The molecule has 158 valence electrons. The molecule has 4 saturated carbocycles. The van der Waals surface area contributed by atoms with Crippen LogP contribution >= 0.6 is 11.8 Å². The van der Waals surface area contributed by atoms with Crippen LogP contribution in [0.3, 0.4) is 0 Å². The van der Waals surface area contributed by atoms with E-state index in [0.717, 1.165) is 55.5 Å². The maximum Gasteiger partial charge on any atom is 0.223 e. The van der Waals surface area contributed by atoms with E-state index in [1.165, 1.54) is 50.7 Å². The monoisotopic (exact) mass is 413 g/mol. The molecule has 5 heteroatoms. The fourth-order valence-electron chi connectivity index (χ4n) is 7.03. The second kappa shape index (κ2) is 8.49. The number of carbonyl (C=O) groups is 1. The maximum absolute atomic E-state index is 12.6. The molecule has 5 aliphatic rings. The van der Waals surface area contributed by atoms with E-state index in [1.807, 2.05) is 30.1 Å². The number of piperazine rings is 1. The standard InChI is InChI=1S/C24H35N3OS/c28-23(27-9-7-26(8-10-27)22-3-1-2-6-25-22)4-11-29-12-5-24-16-19-13-20(17-24)15-21(14-19)18-24/h1-3,6,19-21H,4-5,7-18H2. The van der Waals surface area contributed by atoms with Crippen molar-refractivity contribution in [2.45, 2.75) is 51.4 Å². The number of anilines is 1. The molecular weight excluding hydrogens is 378 g/mol. The van der Waals surface area contributed by atoms with Gasteiger partial charge in [0.2, 0.25) is 5.91 Å². The van der Waals surface area contributed by atoms with Crippen LogP contribution in [0.5, 0.6) is 0 Å². The van der Waals surface area contributed by atoms with Crippen LogP contribution < -0.4 is 4.90 Å². The van der Waals surface area contributed by atoms with Crippen LogP contribution in [0.25, 0.3) is 0 Å². The molecule has 5 fully saturated rings. The van der Waals surface area contributed by atoms with Gasteiger partial charge in [0.25, 0.3) is 0 Å². The zero-order chi connectivity index (χ0) is 19.7. The van der Waals surface area contributed by atoms with Crippen LogP contribution in [-0.4, -0.2) is 53.5 Å². The van der Waals surface area contributed by atoms with Crippen molar-refractivity contribution in [2.24, 2.45) is 23.2 Å². The summed E-state index contributed by atoms with van der Waals surface area (Å²) in [7, 11) is 0. The number of aromatic nitrogens is 1. The van der Waals surface area contributed by atoms with Gasteiger partial charge < -0.3 is 9.80 Å². The highest BCUT2D eigenvalue weighted by Gasteiger charge is 2.50. The van der Waals surface area contributed by atoms with Gasteiger partial charge in [0.05, 0.1) is 0 Å². The third-order valence-electron chi connectivity index (χ3n) is 8.01. The smallest absolute Gasteiger partial charge is 0.223 e. The molecule has 2 heterocycles. The number of thioether (sulfide) groups is 1. The average Bonchev–Trinajstić information content (AvgIpc) is 2.73. The van der Waals surface area contributed by atoms with E-state index in [2.05, 4.69) is 20.9 Å². The van der Waals surface area contributed by atoms with Crippen molar-refractivity contribution in [3.8, 4) is 0 Å². The van der Waals surface area contributed by atoms with Gasteiger partial charge in [-0.2, -0.15) is 11.8 Å². The number of nitrogens with zero attached hydrogens (tertiary/aromatic N) is 3. The summed E-state index contributed by atoms with van der Waals surface area (Å²) in [6.07, 6.45) is 13.1. The first-order valence-corrected chi connectivity index (χ1v) is 12.9. The summed E-state index contributed by atoms with van der Waals surface area (Å²) in [5.41, 5.74) is 0.688. The van der Waals surface area contributed by atoms with Gasteiger partial charge in [-0.15, -0.1) is 0 Å². The first kappa shape index (κ1) is 19.7. The minimum Gasteiger partial charge on any atom is -0.353 e. The van der Waals surface area contributed by atoms with Gasteiger partial charge in [0, 0.05) is 44.5 Å². The lowest BCUT2D eigenvalue weighted by Crippen LogP contribution is -2.49. The van der Waals surface area contributed by atoms with Gasteiger partial charge >= 0.3 is 0 Å². The summed E-state index contributed by atoms with van der Waals surface area (Å²) >= 11 is 2.02. The van der Waals surface area contributed by atoms with Crippen molar-refractivity contribution >= 4 is 23.5 Å². The van der Waals surface area contributed by atoms with Crippen LogP contribution in [-0.2, 0) is 4.79 Å². The Morgan fingerprint density at radius 3 is 2.31 bits per heavy atom. The number of rotatable bonds is 7. The van der Waals surface area contributed by atoms with Crippen LogP contribution in [0, 0.1) is 23.2 Å². The number of amides is 1. The molecule has 0 unspecified atom stereocenters. The van der Waals surface area contributed by atoms with E-state index in [9.17, 15) is 4.79 Å². The Morgan fingerprint density at radius 1 is 1.00 bits per heavy atom. The van der Waals surface area contributed by atoms with Gasteiger partial charge in [-0.05, 0) is 86.0 Å². The van der Waals surface area contributed by atoms with Gasteiger partial charge in [0.15, 0.2) is 0 Å². The third kappa shape index (κ3) is 4.45. The minimum atomic E-state index is 0.341. The molecule has 1 aliphatic heterocycles. The fourth-order valence-corrected chi connectivity index (χ4v) is 8.13. The molecule has 0 radical (unpaired) electrons. The summed E-state index contributed by atoms with van der Waals surface area (Å²) in [4.78, 5) is 21.4. The largest absolute Gasteiger partial charge is 0.353 e. The van der Waals surface area contributed by atoms with Gasteiger partial charge in [-0.25, -0.2) is 4.98 Å². The van der Waals surface area contributed by atoms with E-state index >= 15 is 0 Å². The highest BCUT2D eigenvalue weighted by molar-refractivity contribution is 7.99. The van der Waals surface area contributed by atoms with Gasteiger partial charge in [-0.1, -0.05) is 6.07 Å². The molecule has 4 nitrogen and oxygen atoms in total. The van der Waals surface area contributed by atoms with Crippen LogP contribution in [0.1, 0.15) is 51.4 Å². The molecule has 0 N–H and O–H groups in total. The van der Waals surface area contributed by atoms with Crippen LogP contribution in [0.15, 0.2) is 24.4 Å². The second-order valence-corrected chi connectivity index (χ2v) is 11.3. The Morgan fingerprint density at radius 2 is 1.69 bits per heavy atom. The summed E-state index contributed by atoms with van der Waals surface area (Å²) in [6, 6.07) is 6.03. The molecule has 0 atom stereocenters. The quantitative estimate of drug-likeness (QED) is 0.619. The van der Waals surface area contributed by atoms with Crippen molar-refractivity contribution in [1.82, 2.24) is 9.88 Å². The number of carbonyl (C=O) groups excluding carboxylic acids is 1. The molecule has 4 bridgehead atoms. The van der Waals surface area contributed by atoms with E-state index in [1.54, 1.807) is 0 Å². The van der Waals surface area contributed by atoms with Crippen molar-refractivity contribution < 1.29 is 4.79 Å². The molecule has 1 aromatic heterocycles. The van der Waals surface area contributed by atoms with E-state index < -0.39 is 0 Å². The lowest BCUT2D eigenvalue weighted by Gasteiger charge is -2.57. The molecule has 4 aliphatic carbocycles. The molecular formula is C24H35N3OS. The van der Waals surface area contributed by atoms with Crippen LogP contribution in [0.2, 0.25) is 0 Å². The van der Waals surface area contributed by atoms with E-state index in [0.29, 0.717) is 17.7 Å². The molecule has 1 aromatic rings. The van der Waals surface area contributed by atoms with E-state index in [4.69, 9.17) is 0 Å². The average molecular weight is 414 g/mol. The van der Waals surface area contributed by atoms with E-state index in [-0.39, 0.29) is 0 Å². The Labute approximate surface area is 179 Å². The number of hydrogen-bond acceptors (Lipinski definition) is 4. The predicted octanol–water partition coefficient (Wildman–Crippen LogP) is 4.46. The van der Waals surface area contributed by atoms with Crippen molar-refractivity contribution in [3.05, 3.63) is 24.4 Å². The summed E-state index contributed by atoms with van der Waals surface area (Å²) in [5, 5.41) is 0. The minimum absolute atomic E-state index is 0.341. The molecule has 1 saturated heterocycles. The molecule has 6 rings (SSSR count). The Bertz CT molecular complexity index is 666. The number of pyridine rings is 1. The zero-order valence-corrected chi connectivity index (χ0v) is 18.4. The Balaban J connectivity index is 0.999. The Hall–Kier alpha value is -1.23. The molecule has 0 aromatic carbocycles. The predicted molar refractivity (Wildman–Crippen MR) is 120 cm³/mol. The van der Waals surface area contributed by atoms with Crippen molar-refractivity contribution in [2.75, 3.05) is 42.6 Å². The summed E-state index contributed by atoms with van der Waals surface area (Å²) in [5.74, 6) is 6.78. The van der Waals surface area contributed by atoms with Crippen LogP contribution in [0.4, 0.5) is 5.82 Å². The fraction of sp³-hybridized carbons (Fsp3) is 0.750. The van der Waals surface area contributed by atoms with Gasteiger partial charge in [0.1, 0.15) is 5.82 Å². The highest BCUT2D eigenvalue weighted by Crippen LogP contribution is 2.61. The maximum atomic E-state index is 12.6. The lowest BCUT2D eigenvalue weighted by molar-refractivity contribution is -0.131. The molecule has 1 amide bonds. The third-order valence-corrected chi connectivity index (χ3v) is 8.99. The van der Waals surface area contributed by atoms with Crippen molar-refractivity contribution in [3.63, 3.8) is 0 Å². The highest BCUT2D eigenvalue weighted by atomic mass is 32.2. The molecule has 29 heavy (non-hydrogen) atoms. The lowest BCUT2D eigenvalue weighted by atomic mass is 9.49. The van der Waals surface area contributed by atoms with Gasteiger partial charge in [-0.3, -0.25) is 4.79 Å².